The van der Waals surface area contributed by atoms with Crippen LogP contribution >= 0.6 is 0 Å². The lowest BCUT2D eigenvalue weighted by molar-refractivity contribution is -0.117. The number of carbonyl (C=O) groups is 1. The second-order valence-electron chi connectivity index (χ2n) is 6.91. The van der Waals surface area contributed by atoms with E-state index in [1.807, 2.05) is 44.2 Å². The van der Waals surface area contributed by atoms with Crippen LogP contribution in [0.2, 0.25) is 0 Å². The number of rotatable bonds is 4. The smallest absolute Gasteiger partial charge is 0.324 e. The molecular weight excluding hydrogens is 368 g/mol. The molecule has 29 heavy (non-hydrogen) atoms. The van der Waals surface area contributed by atoms with Crippen LogP contribution in [0.5, 0.6) is 0 Å². The van der Waals surface area contributed by atoms with E-state index in [-0.39, 0.29) is 12.5 Å². The normalized spacial score (nSPS) is 11.0. The van der Waals surface area contributed by atoms with Crippen molar-refractivity contribution in [2.24, 2.45) is 0 Å². The number of nitrogens with one attached hydrogen (secondary N) is 1. The van der Waals surface area contributed by atoms with E-state index in [1.54, 1.807) is 25.4 Å². The van der Waals surface area contributed by atoms with Crippen LogP contribution < -0.4 is 11.0 Å². The molecule has 0 fully saturated rings. The molecule has 146 valence electrons. The minimum absolute atomic E-state index is 0.183. The maximum Gasteiger partial charge on any atom is 0.352 e. The van der Waals surface area contributed by atoms with Crippen LogP contribution in [0, 0.1) is 20.8 Å². The molecule has 0 aliphatic rings. The average Bonchev–Trinajstić information content (AvgIpc) is 3.01. The molecule has 0 aliphatic heterocycles. The fourth-order valence-corrected chi connectivity index (χ4v) is 3.13. The first kappa shape index (κ1) is 18.5. The molecule has 0 saturated heterocycles. The monoisotopic (exact) mass is 388 g/mol. The molecule has 0 bridgehead atoms. The van der Waals surface area contributed by atoms with Crippen molar-refractivity contribution in [1.82, 2.24) is 24.1 Å². The van der Waals surface area contributed by atoms with Gasteiger partial charge in [0.15, 0.2) is 5.65 Å². The maximum atomic E-state index is 12.7. The quantitative estimate of drug-likeness (QED) is 0.580. The molecule has 0 aliphatic carbocycles. The summed E-state index contributed by atoms with van der Waals surface area (Å²) >= 11 is 0. The molecule has 0 spiro atoms. The molecule has 0 saturated carbocycles. The molecule has 0 radical (unpaired) electrons. The van der Waals surface area contributed by atoms with Crippen molar-refractivity contribution in [2.45, 2.75) is 27.3 Å². The summed E-state index contributed by atoms with van der Waals surface area (Å²) in [7, 11) is 0. The Hall–Kier alpha value is -3.81. The standard InChI is InChI=1S/C21H20N6O2/c1-13-4-5-17(10-14(13)2)24-20(28)12-26-21(29)27-15(3)23-18(11-19(27)25-26)16-6-8-22-9-7-16/h4-11H,12H2,1-3H3,(H,24,28). The van der Waals surface area contributed by atoms with Crippen LogP contribution in [-0.2, 0) is 11.3 Å². The third-order valence-electron chi connectivity index (χ3n) is 4.80. The van der Waals surface area contributed by atoms with Crippen LogP contribution in [0.1, 0.15) is 17.0 Å². The number of aromatic nitrogens is 5. The zero-order valence-corrected chi connectivity index (χ0v) is 16.4. The number of pyridine rings is 1. The lowest BCUT2D eigenvalue weighted by Crippen LogP contribution is -2.28. The van der Waals surface area contributed by atoms with E-state index in [0.717, 1.165) is 21.4 Å². The number of carbonyl (C=O) groups excluding carboxylic acids is 1. The summed E-state index contributed by atoms with van der Waals surface area (Å²) in [5.41, 5.74) is 4.52. The summed E-state index contributed by atoms with van der Waals surface area (Å²) in [5, 5.41) is 7.13. The van der Waals surface area contributed by atoms with Crippen molar-refractivity contribution in [3.05, 3.63) is 76.2 Å². The summed E-state index contributed by atoms with van der Waals surface area (Å²) in [6.45, 7) is 5.54. The number of anilines is 1. The molecular formula is C21H20N6O2. The highest BCUT2D eigenvalue weighted by Crippen LogP contribution is 2.17. The van der Waals surface area contributed by atoms with E-state index in [4.69, 9.17) is 0 Å². The Balaban J connectivity index is 1.63. The molecule has 4 aromatic rings. The highest BCUT2D eigenvalue weighted by atomic mass is 16.2. The summed E-state index contributed by atoms with van der Waals surface area (Å²) in [6, 6.07) is 11.1. The molecule has 8 nitrogen and oxygen atoms in total. The highest BCUT2D eigenvalue weighted by molar-refractivity contribution is 5.90. The fraction of sp³-hybridized carbons (Fsp3) is 0.190. The number of amides is 1. The number of fused-ring (bicyclic) bond motifs is 1. The molecule has 3 heterocycles. The minimum atomic E-state index is -0.401. The molecule has 1 aromatic carbocycles. The summed E-state index contributed by atoms with van der Waals surface area (Å²) in [4.78, 5) is 33.7. The van der Waals surface area contributed by atoms with Crippen LogP contribution in [0.4, 0.5) is 5.69 Å². The first-order chi connectivity index (χ1) is 13.9. The molecule has 0 unspecified atom stereocenters. The SMILES string of the molecule is Cc1ccc(NC(=O)Cn2nc3cc(-c4ccncc4)nc(C)n3c2=O)cc1C. The lowest BCUT2D eigenvalue weighted by atomic mass is 10.1. The van der Waals surface area contributed by atoms with Gasteiger partial charge in [-0.05, 0) is 56.2 Å². The van der Waals surface area contributed by atoms with Gasteiger partial charge in [0.1, 0.15) is 12.4 Å². The Kier molecular flexibility index (Phi) is 4.67. The van der Waals surface area contributed by atoms with Crippen molar-refractivity contribution in [1.29, 1.82) is 0 Å². The first-order valence-electron chi connectivity index (χ1n) is 9.17. The van der Waals surface area contributed by atoms with Crippen molar-refractivity contribution in [2.75, 3.05) is 5.32 Å². The van der Waals surface area contributed by atoms with E-state index in [2.05, 4.69) is 20.4 Å². The number of hydrogen-bond acceptors (Lipinski definition) is 5. The Morgan fingerprint density at radius 3 is 2.52 bits per heavy atom. The predicted octanol–water partition coefficient (Wildman–Crippen LogP) is 2.52. The van der Waals surface area contributed by atoms with E-state index in [1.165, 1.54) is 4.40 Å². The van der Waals surface area contributed by atoms with Gasteiger partial charge in [-0.2, -0.15) is 0 Å². The largest absolute Gasteiger partial charge is 0.352 e. The van der Waals surface area contributed by atoms with Crippen LogP contribution in [0.15, 0.2) is 53.6 Å². The van der Waals surface area contributed by atoms with E-state index < -0.39 is 5.69 Å². The van der Waals surface area contributed by atoms with Crippen LogP contribution in [0.3, 0.4) is 0 Å². The van der Waals surface area contributed by atoms with Gasteiger partial charge < -0.3 is 5.32 Å². The Morgan fingerprint density at radius 2 is 1.79 bits per heavy atom. The van der Waals surface area contributed by atoms with Crippen molar-refractivity contribution >= 4 is 17.2 Å². The minimum Gasteiger partial charge on any atom is -0.324 e. The van der Waals surface area contributed by atoms with Gasteiger partial charge >= 0.3 is 5.69 Å². The zero-order chi connectivity index (χ0) is 20.5. The molecule has 3 aromatic heterocycles. The third kappa shape index (κ3) is 3.64. The van der Waals surface area contributed by atoms with Crippen LogP contribution in [0.25, 0.3) is 16.9 Å². The van der Waals surface area contributed by atoms with Gasteiger partial charge in [-0.1, -0.05) is 6.07 Å². The second kappa shape index (κ2) is 7.31. The maximum absolute atomic E-state index is 12.7. The lowest BCUT2D eigenvalue weighted by Gasteiger charge is -2.07. The molecule has 0 atom stereocenters. The van der Waals surface area contributed by atoms with Crippen molar-refractivity contribution in [3.8, 4) is 11.3 Å². The topological polar surface area (TPSA) is 94.2 Å². The van der Waals surface area contributed by atoms with Gasteiger partial charge in [-0.15, -0.1) is 5.10 Å². The second-order valence-corrected chi connectivity index (χ2v) is 6.91. The van der Waals surface area contributed by atoms with Gasteiger partial charge in [-0.3, -0.25) is 9.78 Å². The van der Waals surface area contributed by atoms with Gasteiger partial charge in [0.2, 0.25) is 5.91 Å². The first-order valence-corrected chi connectivity index (χ1v) is 9.17. The number of nitrogens with zero attached hydrogens (tertiary/aromatic N) is 5. The Morgan fingerprint density at radius 1 is 1.03 bits per heavy atom. The summed E-state index contributed by atoms with van der Waals surface area (Å²) in [6.07, 6.45) is 3.36. The number of aryl methyl sites for hydroxylation is 3. The zero-order valence-electron chi connectivity index (χ0n) is 16.4. The summed E-state index contributed by atoms with van der Waals surface area (Å²) < 4.78 is 2.55. The van der Waals surface area contributed by atoms with Crippen molar-refractivity contribution < 1.29 is 4.79 Å². The van der Waals surface area contributed by atoms with E-state index in [0.29, 0.717) is 22.9 Å². The molecule has 4 rings (SSSR count). The van der Waals surface area contributed by atoms with Gasteiger partial charge in [0.25, 0.3) is 0 Å². The van der Waals surface area contributed by atoms with Gasteiger partial charge in [-0.25, -0.2) is 18.9 Å². The molecule has 1 N–H and O–H groups in total. The predicted molar refractivity (Wildman–Crippen MR) is 110 cm³/mol. The van der Waals surface area contributed by atoms with Crippen LogP contribution in [-0.4, -0.2) is 30.1 Å². The Bertz CT molecular complexity index is 1270. The summed E-state index contributed by atoms with van der Waals surface area (Å²) in [5.74, 6) is 0.179. The average molecular weight is 388 g/mol. The van der Waals surface area contributed by atoms with E-state index in [9.17, 15) is 9.59 Å². The highest BCUT2D eigenvalue weighted by Gasteiger charge is 2.15. The Labute approximate surface area is 166 Å². The van der Waals surface area contributed by atoms with E-state index >= 15 is 0 Å². The molecule has 8 heteroatoms. The molecule has 1 amide bonds. The fourth-order valence-electron chi connectivity index (χ4n) is 3.13. The number of hydrogen-bond donors (Lipinski definition) is 1. The van der Waals surface area contributed by atoms with Gasteiger partial charge in [0.05, 0.1) is 5.69 Å². The van der Waals surface area contributed by atoms with Gasteiger partial charge in [0, 0.05) is 29.7 Å². The van der Waals surface area contributed by atoms with Crippen molar-refractivity contribution in [3.63, 3.8) is 0 Å². The number of benzene rings is 1. The third-order valence-corrected chi connectivity index (χ3v) is 4.80.